The molecule has 0 spiro atoms. The molecular weight excluding hydrogens is 300 g/mol. The molecule has 4 nitrogen and oxygen atoms in total. The lowest BCUT2D eigenvalue weighted by molar-refractivity contribution is 0.0161. The number of ether oxygens (including phenoxy) is 1. The molecule has 0 amide bonds. The quantitative estimate of drug-likeness (QED) is 0.643. The monoisotopic (exact) mass is 316 g/mol. The Kier molecular flexibility index (Phi) is 5.78. The third-order valence-corrected chi connectivity index (χ3v) is 3.16. The predicted molar refractivity (Wildman–Crippen MR) is 71.9 cm³/mol. The lowest BCUT2D eigenvalue weighted by atomic mass is 9.95. The van der Waals surface area contributed by atoms with Gasteiger partial charge in [0.2, 0.25) is 0 Å². The van der Waals surface area contributed by atoms with Crippen LogP contribution in [0.3, 0.4) is 0 Å². The van der Waals surface area contributed by atoms with Crippen LogP contribution in [0.15, 0.2) is 18.2 Å². The smallest absolute Gasteiger partial charge is 0.338 e. The maximum Gasteiger partial charge on any atom is 0.338 e. The molecule has 1 aromatic rings. The van der Waals surface area contributed by atoms with E-state index in [0.717, 1.165) is 5.56 Å². The molecule has 1 aromatic carbocycles. The van der Waals surface area contributed by atoms with E-state index in [0.29, 0.717) is 17.3 Å². The van der Waals surface area contributed by atoms with Crippen molar-refractivity contribution in [3.63, 3.8) is 0 Å². The first-order chi connectivity index (χ1) is 8.51. The second kappa shape index (κ2) is 6.87. The Morgan fingerprint density at radius 2 is 2.11 bits per heavy atom. The van der Waals surface area contributed by atoms with Gasteiger partial charge in [-0.15, -0.1) is 0 Å². The van der Waals surface area contributed by atoms with Crippen molar-refractivity contribution in [2.75, 3.05) is 12.4 Å². The number of hydrogen-bond acceptors (Lipinski definition) is 4. The highest BCUT2D eigenvalue weighted by Gasteiger charge is 2.23. The third-order valence-electron chi connectivity index (χ3n) is 2.70. The van der Waals surface area contributed by atoms with E-state index in [-0.39, 0.29) is 5.56 Å². The summed E-state index contributed by atoms with van der Waals surface area (Å²) in [6.07, 6.45) is -1.62. The van der Waals surface area contributed by atoms with Crippen LogP contribution in [0.4, 0.5) is 0 Å². The fourth-order valence-electron chi connectivity index (χ4n) is 1.70. The zero-order chi connectivity index (χ0) is 13.7. The summed E-state index contributed by atoms with van der Waals surface area (Å²) >= 11 is 3.20. The number of halogens is 1. The summed E-state index contributed by atoms with van der Waals surface area (Å²) < 4.78 is 4.67. The van der Waals surface area contributed by atoms with E-state index in [1.807, 2.05) is 6.92 Å². The molecule has 0 saturated heterocycles. The molecule has 2 atom stereocenters. The lowest BCUT2D eigenvalue weighted by Gasteiger charge is -2.20. The van der Waals surface area contributed by atoms with Crippen molar-refractivity contribution in [2.45, 2.75) is 25.6 Å². The van der Waals surface area contributed by atoms with Crippen LogP contribution in [0.2, 0.25) is 0 Å². The van der Waals surface area contributed by atoms with Crippen molar-refractivity contribution in [3.8, 4) is 0 Å². The number of aliphatic hydroxyl groups is 2. The standard InChI is InChI=1S/C13H17BrO4/c1-8-3-4-9(13(17)18-2)10(7-8)12(16)11(15)5-6-14/h3-4,7,11-12,15-16H,5-6H2,1-2H3. The SMILES string of the molecule is COC(=O)c1ccc(C)cc1C(O)C(O)CCBr. The average Bonchev–Trinajstić information content (AvgIpc) is 2.37. The molecule has 18 heavy (non-hydrogen) atoms. The number of esters is 1. The zero-order valence-corrected chi connectivity index (χ0v) is 12.0. The van der Waals surface area contributed by atoms with Crippen LogP contribution in [0.1, 0.15) is 34.0 Å². The molecule has 0 bridgehead atoms. The molecule has 0 fully saturated rings. The van der Waals surface area contributed by atoms with Gasteiger partial charge >= 0.3 is 5.97 Å². The molecule has 0 aliphatic rings. The molecule has 2 N–H and O–H groups in total. The Balaban J connectivity index is 3.12. The van der Waals surface area contributed by atoms with Gasteiger partial charge in [-0.05, 0) is 25.0 Å². The topological polar surface area (TPSA) is 66.8 Å². The van der Waals surface area contributed by atoms with Crippen molar-refractivity contribution in [1.29, 1.82) is 0 Å². The maximum atomic E-state index is 11.6. The molecule has 0 heterocycles. The number of carbonyl (C=O) groups is 1. The summed E-state index contributed by atoms with van der Waals surface area (Å²) in [6, 6.07) is 5.05. The first-order valence-electron chi connectivity index (χ1n) is 5.62. The summed E-state index contributed by atoms with van der Waals surface area (Å²) in [4.78, 5) is 11.6. The number of aryl methyl sites for hydroxylation is 1. The molecule has 0 saturated carbocycles. The van der Waals surface area contributed by atoms with Crippen LogP contribution >= 0.6 is 15.9 Å². The second-order valence-electron chi connectivity index (χ2n) is 4.07. The number of carbonyl (C=O) groups excluding carboxylic acids is 1. The fraction of sp³-hybridized carbons (Fsp3) is 0.462. The highest BCUT2D eigenvalue weighted by Crippen LogP contribution is 2.25. The summed E-state index contributed by atoms with van der Waals surface area (Å²) in [5.74, 6) is -0.518. The Labute approximate surface area is 115 Å². The number of alkyl halides is 1. The minimum Gasteiger partial charge on any atom is -0.465 e. The van der Waals surface area contributed by atoms with Gasteiger partial charge in [0.1, 0.15) is 6.10 Å². The van der Waals surface area contributed by atoms with Crippen LogP contribution in [0.25, 0.3) is 0 Å². The van der Waals surface area contributed by atoms with Gasteiger partial charge in [-0.1, -0.05) is 33.6 Å². The molecular formula is C13H17BrO4. The summed E-state index contributed by atoms with van der Waals surface area (Å²) in [5, 5.41) is 20.5. The van der Waals surface area contributed by atoms with Gasteiger partial charge in [0.25, 0.3) is 0 Å². The van der Waals surface area contributed by atoms with Gasteiger partial charge in [0.05, 0.1) is 18.8 Å². The van der Waals surface area contributed by atoms with Crippen molar-refractivity contribution in [1.82, 2.24) is 0 Å². The second-order valence-corrected chi connectivity index (χ2v) is 4.87. The van der Waals surface area contributed by atoms with Crippen molar-refractivity contribution < 1.29 is 19.7 Å². The molecule has 0 aliphatic carbocycles. The Morgan fingerprint density at radius 1 is 1.44 bits per heavy atom. The molecule has 0 radical (unpaired) electrons. The van der Waals surface area contributed by atoms with Gasteiger partial charge in [-0.2, -0.15) is 0 Å². The maximum absolute atomic E-state index is 11.6. The van der Waals surface area contributed by atoms with Gasteiger partial charge in [-0.3, -0.25) is 0 Å². The Bertz CT molecular complexity index is 419. The first kappa shape index (κ1) is 15.1. The van der Waals surface area contributed by atoms with E-state index in [4.69, 9.17) is 0 Å². The van der Waals surface area contributed by atoms with Crippen LogP contribution < -0.4 is 0 Å². The highest BCUT2D eigenvalue weighted by atomic mass is 79.9. The molecule has 2 unspecified atom stereocenters. The van der Waals surface area contributed by atoms with Crippen LogP contribution in [0, 0.1) is 6.92 Å². The lowest BCUT2D eigenvalue weighted by Crippen LogP contribution is -2.21. The minimum atomic E-state index is -1.10. The van der Waals surface area contributed by atoms with Gasteiger partial charge in [0, 0.05) is 5.33 Å². The van der Waals surface area contributed by atoms with Gasteiger partial charge in [-0.25, -0.2) is 4.79 Å². The van der Waals surface area contributed by atoms with E-state index in [9.17, 15) is 15.0 Å². The largest absolute Gasteiger partial charge is 0.465 e. The summed E-state index contributed by atoms with van der Waals surface area (Å²) in [7, 11) is 1.28. The Hall–Kier alpha value is -0.910. The minimum absolute atomic E-state index is 0.282. The van der Waals surface area contributed by atoms with Crippen molar-refractivity contribution in [2.24, 2.45) is 0 Å². The Morgan fingerprint density at radius 3 is 2.67 bits per heavy atom. The predicted octanol–water partition coefficient (Wildman–Crippen LogP) is 1.96. The fourth-order valence-corrected chi connectivity index (χ4v) is 2.17. The van der Waals surface area contributed by atoms with Crippen LogP contribution in [-0.4, -0.2) is 34.7 Å². The van der Waals surface area contributed by atoms with Gasteiger partial charge in [0.15, 0.2) is 0 Å². The average molecular weight is 317 g/mol. The molecule has 0 aromatic heterocycles. The number of hydrogen-bond donors (Lipinski definition) is 2. The molecule has 1 rings (SSSR count). The number of rotatable bonds is 5. The number of aliphatic hydroxyl groups excluding tert-OH is 2. The molecule has 0 aliphatic heterocycles. The van der Waals surface area contributed by atoms with Crippen LogP contribution in [0.5, 0.6) is 0 Å². The molecule has 5 heteroatoms. The number of benzene rings is 1. The van der Waals surface area contributed by atoms with Crippen molar-refractivity contribution >= 4 is 21.9 Å². The summed E-state index contributed by atoms with van der Waals surface area (Å²) in [5.41, 5.74) is 1.59. The van der Waals surface area contributed by atoms with E-state index in [1.165, 1.54) is 7.11 Å². The van der Waals surface area contributed by atoms with E-state index < -0.39 is 18.2 Å². The van der Waals surface area contributed by atoms with E-state index in [2.05, 4.69) is 20.7 Å². The summed E-state index contributed by atoms with van der Waals surface area (Å²) in [6.45, 7) is 1.86. The highest BCUT2D eigenvalue weighted by molar-refractivity contribution is 9.09. The normalized spacial score (nSPS) is 14.1. The first-order valence-corrected chi connectivity index (χ1v) is 6.74. The van der Waals surface area contributed by atoms with E-state index >= 15 is 0 Å². The van der Waals surface area contributed by atoms with E-state index in [1.54, 1.807) is 18.2 Å². The van der Waals surface area contributed by atoms with Crippen molar-refractivity contribution in [3.05, 3.63) is 34.9 Å². The number of methoxy groups -OCH3 is 1. The van der Waals surface area contributed by atoms with Crippen LogP contribution in [-0.2, 0) is 4.74 Å². The molecule has 100 valence electrons. The van der Waals surface area contributed by atoms with Gasteiger partial charge < -0.3 is 14.9 Å². The third kappa shape index (κ3) is 3.54. The zero-order valence-electron chi connectivity index (χ0n) is 10.4.